The van der Waals surface area contributed by atoms with Gasteiger partial charge < -0.3 is 11.1 Å². The van der Waals surface area contributed by atoms with Crippen molar-refractivity contribution in [3.8, 4) is 0 Å². The van der Waals surface area contributed by atoms with Gasteiger partial charge in [-0.05, 0) is 43.5 Å². The van der Waals surface area contributed by atoms with Gasteiger partial charge in [0.25, 0.3) is 0 Å². The zero-order valence-corrected chi connectivity index (χ0v) is 13.4. The molecular weight excluding hydrogens is 280 g/mol. The molecule has 0 aliphatic heterocycles. The molecule has 4 heteroatoms. The highest BCUT2D eigenvalue weighted by Crippen LogP contribution is 2.27. The van der Waals surface area contributed by atoms with E-state index in [0.717, 1.165) is 33.0 Å². The molecule has 110 valence electrons. The summed E-state index contributed by atoms with van der Waals surface area (Å²) in [5.41, 5.74) is 10.9. The first kappa shape index (κ1) is 15.4. The number of para-hydroxylation sites is 2. The highest BCUT2D eigenvalue weighted by molar-refractivity contribution is 8.00. The van der Waals surface area contributed by atoms with Crippen LogP contribution in [0.15, 0.2) is 41.3 Å². The van der Waals surface area contributed by atoms with Crippen LogP contribution in [0.1, 0.15) is 16.7 Å². The molecule has 0 fully saturated rings. The number of hydrogen-bond donors (Lipinski definition) is 2. The minimum atomic E-state index is -0.0155. The van der Waals surface area contributed by atoms with Crippen molar-refractivity contribution >= 4 is 29.0 Å². The molecule has 0 saturated heterocycles. The van der Waals surface area contributed by atoms with Gasteiger partial charge >= 0.3 is 0 Å². The van der Waals surface area contributed by atoms with Gasteiger partial charge in [-0.2, -0.15) is 0 Å². The van der Waals surface area contributed by atoms with Crippen molar-refractivity contribution in [3.05, 3.63) is 53.1 Å². The van der Waals surface area contributed by atoms with Crippen LogP contribution in [0.4, 0.5) is 11.4 Å². The van der Waals surface area contributed by atoms with E-state index in [4.69, 9.17) is 5.73 Å². The molecule has 3 N–H and O–H groups in total. The van der Waals surface area contributed by atoms with E-state index in [1.807, 2.05) is 57.2 Å². The maximum atomic E-state index is 12.1. The molecule has 0 bridgehead atoms. The third kappa shape index (κ3) is 3.79. The molecule has 0 aliphatic carbocycles. The second-order valence-corrected chi connectivity index (χ2v) is 6.11. The third-order valence-corrected chi connectivity index (χ3v) is 4.46. The second kappa shape index (κ2) is 6.68. The summed E-state index contributed by atoms with van der Waals surface area (Å²) in [6, 6.07) is 11.8. The van der Waals surface area contributed by atoms with Crippen molar-refractivity contribution in [2.45, 2.75) is 25.7 Å². The van der Waals surface area contributed by atoms with Crippen molar-refractivity contribution < 1.29 is 4.79 Å². The van der Waals surface area contributed by atoms with Crippen LogP contribution in [0.2, 0.25) is 0 Å². The Kier molecular flexibility index (Phi) is 4.91. The summed E-state index contributed by atoms with van der Waals surface area (Å²) in [5.74, 6) is 0.333. The number of carbonyl (C=O) groups excluding carboxylic acids is 1. The number of benzene rings is 2. The molecule has 0 spiro atoms. The van der Waals surface area contributed by atoms with E-state index in [0.29, 0.717) is 5.75 Å². The summed E-state index contributed by atoms with van der Waals surface area (Å²) in [5, 5.41) is 2.98. The zero-order valence-electron chi connectivity index (χ0n) is 12.6. The van der Waals surface area contributed by atoms with E-state index in [2.05, 4.69) is 5.32 Å². The predicted octanol–water partition coefficient (Wildman–Crippen LogP) is 3.92. The molecule has 21 heavy (non-hydrogen) atoms. The van der Waals surface area contributed by atoms with E-state index in [9.17, 15) is 4.79 Å². The largest absolute Gasteiger partial charge is 0.398 e. The monoisotopic (exact) mass is 300 g/mol. The molecule has 0 radical (unpaired) electrons. The molecular formula is C17H20N2OS. The molecule has 0 aliphatic rings. The molecule has 0 saturated carbocycles. The quantitative estimate of drug-likeness (QED) is 0.664. The van der Waals surface area contributed by atoms with Crippen LogP contribution in [-0.2, 0) is 4.79 Å². The molecule has 0 unspecified atom stereocenters. The van der Waals surface area contributed by atoms with E-state index >= 15 is 0 Å². The molecule has 0 aromatic heterocycles. The van der Waals surface area contributed by atoms with E-state index in [1.165, 1.54) is 11.8 Å². The van der Waals surface area contributed by atoms with E-state index < -0.39 is 0 Å². The van der Waals surface area contributed by atoms with E-state index in [-0.39, 0.29) is 5.91 Å². The average Bonchev–Trinajstić information content (AvgIpc) is 2.45. The Morgan fingerprint density at radius 3 is 2.29 bits per heavy atom. The Bertz CT molecular complexity index is 648. The topological polar surface area (TPSA) is 55.1 Å². The maximum Gasteiger partial charge on any atom is 0.234 e. The summed E-state index contributed by atoms with van der Waals surface area (Å²) < 4.78 is 0. The van der Waals surface area contributed by atoms with Gasteiger partial charge in [0.1, 0.15) is 0 Å². The number of nitrogen functional groups attached to an aromatic ring is 1. The molecule has 2 aromatic rings. The first-order valence-electron chi connectivity index (χ1n) is 6.83. The number of rotatable bonds is 4. The molecule has 0 atom stereocenters. The van der Waals surface area contributed by atoms with Crippen LogP contribution < -0.4 is 11.1 Å². The van der Waals surface area contributed by atoms with Crippen LogP contribution in [0.3, 0.4) is 0 Å². The van der Waals surface area contributed by atoms with E-state index in [1.54, 1.807) is 0 Å². The maximum absolute atomic E-state index is 12.1. The SMILES string of the molecule is Cc1cccc(SCC(=O)Nc2c(C)cccc2C)c1N. The van der Waals surface area contributed by atoms with Gasteiger partial charge in [-0.15, -0.1) is 11.8 Å². The van der Waals surface area contributed by atoms with Crippen molar-refractivity contribution in [1.82, 2.24) is 0 Å². The predicted molar refractivity (Wildman–Crippen MR) is 90.9 cm³/mol. The highest BCUT2D eigenvalue weighted by atomic mass is 32.2. The molecule has 1 amide bonds. The lowest BCUT2D eigenvalue weighted by atomic mass is 10.1. The summed E-state index contributed by atoms with van der Waals surface area (Å²) in [6.07, 6.45) is 0. The fourth-order valence-corrected chi connectivity index (χ4v) is 2.96. The number of thioether (sulfide) groups is 1. The summed E-state index contributed by atoms with van der Waals surface area (Å²) in [7, 11) is 0. The summed E-state index contributed by atoms with van der Waals surface area (Å²) in [6.45, 7) is 5.96. The second-order valence-electron chi connectivity index (χ2n) is 5.09. The van der Waals surface area contributed by atoms with Crippen molar-refractivity contribution in [2.24, 2.45) is 0 Å². The minimum Gasteiger partial charge on any atom is -0.398 e. The summed E-state index contributed by atoms with van der Waals surface area (Å²) in [4.78, 5) is 13.1. The average molecular weight is 300 g/mol. The third-order valence-electron chi connectivity index (χ3n) is 3.39. The molecule has 2 rings (SSSR count). The van der Waals surface area contributed by atoms with Crippen LogP contribution in [0.5, 0.6) is 0 Å². The first-order valence-corrected chi connectivity index (χ1v) is 7.81. The van der Waals surface area contributed by atoms with Crippen LogP contribution in [0.25, 0.3) is 0 Å². The normalized spacial score (nSPS) is 10.4. The lowest BCUT2D eigenvalue weighted by Crippen LogP contribution is -2.15. The van der Waals surface area contributed by atoms with Gasteiger partial charge in [-0.25, -0.2) is 0 Å². The van der Waals surface area contributed by atoms with Crippen molar-refractivity contribution in [3.63, 3.8) is 0 Å². The number of nitrogens with one attached hydrogen (secondary N) is 1. The summed E-state index contributed by atoms with van der Waals surface area (Å²) >= 11 is 1.46. The molecule has 0 heterocycles. The lowest BCUT2D eigenvalue weighted by molar-refractivity contribution is -0.113. The molecule has 2 aromatic carbocycles. The first-order chi connectivity index (χ1) is 9.99. The van der Waals surface area contributed by atoms with Gasteiger partial charge in [0.15, 0.2) is 0 Å². The number of nitrogens with two attached hydrogens (primary N) is 1. The van der Waals surface area contributed by atoms with Gasteiger partial charge in [0, 0.05) is 16.3 Å². The lowest BCUT2D eigenvalue weighted by Gasteiger charge is -2.12. The fraction of sp³-hybridized carbons (Fsp3) is 0.235. The van der Waals surface area contributed by atoms with Gasteiger partial charge in [-0.3, -0.25) is 4.79 Å². The number of hydrogen-bond acceptors (Lipinski definition) is 3. The van der Waals surface area contributed by atoms with Gasteiger partial charge in [0.2, 0.25) is 5.91 Å². The minimum absolute atomic E-state index is 0.0155. The number of aryl methyl sites for hydroxylation is 3. The Morgan fingerprint density at radius 1 is 1.05 bits per heavy atom. The number of amides is 1. The fourth-order valence-electron chi connectivity index (χ4n) is 2.11. The Labute approximate surface area is 129 Å². The smallest absolute Gasteiger partial charge is 0.234 e. The van der Waals surface area contributed by atoms with Crippen LogP contribution in [0, 0.1) is 20.8 Å². The van der Waals surface area contributed by atoms with Crippen LogP contribution in [-0.4, -0.2) is 11.7 Å². The Morgan fingerprint density at radius 2 is 1.62 bits per heavy atom. The Hall–Kier alpha value is -1.94. The highest BCUT2D eigenvalue weighted by Gasteiger charge is 2.09. The van der Waals surface area contributed by atoms with Crippen molar-refractivity contribution in [2.75, 3.05) is 16.8 Å². The van der Waals surface area contributed by atoms with Gasteiger partial charge in [-0.1, -0.05) is 30.3 Å². The molecule has 3 nitrogen and oxygen atoms in total. The number of carbonyl (C=O) groups is 1. The van der Waals surface area contributed by atoms with Gasteiger partial charge in [0.05, 0.1) is 5.75 Å². The van der Waals surface area contributed by atoms with Crippen LogP contribution >= 0.6 is 11.8 Å². The Balaban J connectivity index is 2.01. The number of anilines is 2. The van der Waals surface area contributed by atoms with Crippen molar-refractivity contribution in [1.29, 1.82) is 0 Å². The standard InChI is InChI=1S/C17H20N2OS/c1-11-6-5-9-14(16(11)18)21-10-15(20)19-17-12(2)7-4-8-13(17)3/h4-9H,10,18H2,1-3H3,(H,19,20). The zero-order chi connectivity index (χ0) is 15.4.